The third kappa shape index (κ3) is 2.87. The van der Waals surface area contributed by atoms with Crippen LogP contribution in [0.5, 0.6) is 0 Å². The zero-order valence-electron chi connectivity index (χ0n) is 10.5. The zero-order valence-corrected chi connectivity index (χ0v) is 10.5. The Morgan fingerprint density at radius 2 is 2.24 bits per heavy atom. The van der Waals surface area contributed by atoms with Gasteiger partial charge in [0.1, 0.15) is 0 Å². The molecule has 92 valence electrons. The number of hydrogen-bond donors (Lipinski definition) is 0. The average molecular weight is 232 g/mol. The molecule has 2 rings (SSSR count). The quantitative estimate of drug-likeness (QED) is 0.695. The molecular formula is C15H20O2. The molecule has 1 heterocycles. The van der Waals surface area contributed by atoms with Gasteiger partial charge in [0.05, 0.1) is 6.61 Å². The van der Waals surface area contributed by atoms with Gasteiger partial charge in [0, 0.05) is 0 Å². The van der Waals surface area contributed by atoms with Gasteiger partial charge in [-0.15, -0.1) is 0 Å². The van der Waals surface area contributed by atoms with Crippen LogP contribution in [-0.2, 0) is 9.53 Å². The van der Waals surface area contributed by atoms with E-state index < -0.39 is 0 Å². The number of carbonyl (C=O) groups is 1. The molecular weight excluding hydrogens is 212 g/mol. The van der Waals surface area contributed by atoms with Gasteiger partial charge in [-0.25, -0.2) is 0 Å². The summed E-state index contributed by atoms with van der Waals surface area (Å²) in [5.41, 5.74) is 2.10. The number of rotatable bonds is 3. The third-order valence-corrected chi connectivity index (χ3v) is 3.52. The van der Waals surface area contributed by atoms with Gasteiger partial charge in [0.15, 0.2) is 5.76 Å². The van der Waals surface area contributed by atoms with Crippen LogP contribution in [0.3, 0.4) is 0 Å². The molecule has 0 amide bonds. The van der Waals surface area contributed by atoms with E-state index in [-0.39, 0.29) is 5.78 Å². The molecule has 1 aliphatic heterocycles. The zero-order chi connectivity index (χ0) is 12.3. The van der Waals surface area contributed by atoms with E-state index in [1.807, 2.05) is 6.08 Å². The van der Waals surface area contributed by atoms with Crippen LogP contribution < -0.4 is 0 Å². The third-order valence-electron chi connectivity index (χ3n) is 3.52. The fourth-order valence-corrected chi connectivity index (χ4v) is 2.39. The van der Waals surface area contributed by atoms with Gasteiger partial charge < -0.3 is 4.74 Å². The Morgan fingerprint density at radius 1 is 1.41 bits per heavy atom. The second kappa shape index (κ2) is 5.35. The summed E-state index contributed by atoms with van der Waals surface area (Å²) in [6.07, 6.45) is 8.90. The fourth-order valence-electron chi connectivity index (χ4n) is 2.39. The SMILES string of the molecule is C=C(C)[C@@H]1CCC=C(C(=O)C2=CCCCO2)C1. The second-order valence-electron chi connectivity index (χ2n) is 4.94. The highest BCUT2D eigenvalue weighted by molar-refractivity contribution is 6.06. The summed E-state index contributed by atoms with van der Waals surface area (Å²) >= 11 is 0. The molecule has 2 heteroatoms. The van der Waals surface area contributed by atoms with Crippen molar-refractivity contribution in [2.45, 2.75) is 39.0 Å². The lowest BCUT2D eigenvalue weighted by Gasteiger charge is -2.23. The predicted octanol–water partition coefficient (Wildman–Crippen LogP) is 3.55. The lowest BCUT2D eigenvalue weighted by molar-refractivity contribution is -0.116. The first kappa shape index (κ1) is 12.2. The van der Waals surface area contributed by atoms with Gasteiger partial charge in [0.25, 0.3) is 0 Å². The first-order valence-corrected chi connectivity index (χ1v) is 6.40. The summed E-state index contributed by atoms with van der Waals surface area (Å²) in [4.78, 5) is 12.2. The Labute approximate surface area is 103 Å². The molecule has 0 unspecified atom stereocenters. The molecule has 0 aromatic heterocycles. The monoisotopic (exact) mass is 232 g/mol. The van der Waals surface area contributed by atoms with Crippen molar-refractivity contribution < 1.29 is 9.53 Å². The highest BCUT2D eigenvalue weighted by Crippen LogP contribution is 2.31. The van der Waals surface area contributed by atoms with Gasteiger partial charge in [-0.05, 0) is 56.6 Å². The molecule has 0 radical (unpaired) electrons. The molecule has 1 aliphatic carbocycles. The van der Waals surface area contributed by atoms with E-state index in [4.69, 9.17) is 4.74 Å². The summed E-state index contributed by atoms with van der Waals surface area (Å²) in [5.74, 6) is 1.11. The molecule has 2 nitrogen and oxygen atoms in total. The lowest BCUT2D eigenvalue weighted by Crippen LogP contribution is -2.18. The highest BCUT2D eigenvalue weighted by Gasteiger charge is 2.24. The van der Waals surface area contributed by atoms with Crippen molar-refractivity contribution in [2.75, 3.05) is 6.61 Å². The van der Waals surface area contributed by atoms with Crippen LogP contribution in [0.1, 0.15) is 39.0 Å². The Hall–Kier alpha value is -1.31. The first-order valence-electron chi connectivity index (χ1n) is 6.40. The van der Waals surface area contributed by atoms with Gasteiger partial charge in [0.2, 0.25) is 5.78 Å². The van der Waals surface area contributed by atoms with E-state index in [1.54, 1.807) is 0 Å². The normalized spacial score (nSPS) is 24.4. The summed E-state index contributed by atoms with van der Waals surface area (Å²) in [6, 6.07) is 0. The van der Waals surface area contributed by atoms with E-state index in [0.29, 0.717) is 18.3 Å². The van der Waals surface area contributed by atoms with Crippen molar-refractivity contribution in [1.82, 2.24) is 0 Å². The minimum absolute atomic E-state index is 0.0932. The van der Waals surface area contributed by atoms with Crippen LogP contribution >= 0.6 is 0 Å². The minimum Gasteiger partial charge on any atom is -0.490 e. The largest absolute Gasteiger partial charge is 0.490 e. The number of ketones is 1. The van der Waals surface area contributed by atoms with Gasteiger partial charge in [-0.3, -0.25) is 4.79 Å². The van der Waals surface area contributed by atoms with Gasteiger partial charge in [-0.1, -0.05) is 18.2 Å². The maximum absolute atomic E-state index is 12.2. The average Bonchev–Trinajstić information content (AvgIpc) is 2.39. The van der Waals surface area contributed by atoms with E-state index in [2.05, 4.69) is 19.6 Å². The van der Waals surface area contributed by atoms with E-state index in [0.717, 1.165) is 37.7 Å². The fraction of sp³-hybridized carbons (Fsp3) is 0.533. The molecule has 0 saturated carbocycles. The summed E-state index contributed by atoms with van der Waals surface area (Å²) in [6.45, 7) is 6.73. The molecule has 0 spiro atoms. The molecule has 0 N–H and O–H groups in total. The second-order valence-corrected chi connectivity index (χ2v) is 4.94. The van der Waals surface area contributed by atoms with Crippen molar-refractivity contribution in [3.8, 4) is 0 Å². The molecule has 0 aromatic rings. The predicted molar refractivity (Wildman–Crippen MR) is 68.5 cm³/mol. The van der Waals surface area contributed by atoms with Crippen molar-refractivity contribution in [2.24, 2.45) is 5.92 Å². The molecule has 2 aliphatic rings. The van der Waals surface area contributed by atoms with Crippen molar-refractivity contribution in [1.29, 1.82) is 0 Å². The van der Waals surface area contributed by atoms with Crippen LogP contribution in [0.4, 0.5) is 0 Å². The summed E-state index contributed by atoms with van der Waals surface area (Å²) in [7, 11) is 0. The van der Waals surface area contributed by atoms with Crippen molar-refractivity contribution >= 4 is 5.78 Å². The van der Waals surface area contributed by atoms with Crippen LogP contribution in [0.2, 0.25) is 0 Å². The van der Waals surface area contributed by atoms with Crippen molar-refractivity contribution in [3.63, 3.8) is 0 Å². The van der Waals surface area contributed by atoms with Crippen molar-refractivity contribution in [3.05, 3.63) is 35.6 Å². The molecule has 1 atom stereocenters. The van der Waals surface area contributed by atoms with Crippen LogP contribution in [0, 0.1) is 5.92 Å². The maximum atomic E-state index is 12.2. The maximum Gasteiger partial charge on any atom is 0.222 e. The Bertz CT molecular complexity index is 388. The highest BCUT2D eigenvalue weighted by atomic mass is 16.5. The number of Topliss-reactive ketones (excluding diaryl/α,β-unsaturated/α-hetero) is 1. The summed E-state index contributed by atoms with van der Waals surface area (Å²) < 4.78 is 5.44. The molecule has 0 aromatic carbocycles. The molecule has 0 fully saturated rings. The van der Waals surface area contributed by atoms with Crippen LogP contribution in [-0.4, -0.2) is 12.4 Å². The Kier molecular flexibility index (Phi) is 3.82. The smallest absolute Gasteiger partial charge is 0.222 e. The number of ether oxygens (including phenoxy) is 1. The lowest BCUT2D eigenvalue weighted by atomic mass is 9.83. The number of allylic oxidation sites excluding steroid dienone is 4. The van der Waals surface area contributed by atoms with Crippen LogP contribution in [0.25, 0.3) is 0 Å². The number of hydrogen-bond acceptors (Lipinski definition) is 2. The Morgan fingerprint density at radius 3 is 2.88 bits per heavy atom. The minimum atomic E-state index is 0.0932. The van der Waals surface area contributed by atoms with E-state index >= 15 is 0 Å². The topological polar surface area (TPSA) is 26.3 Å². The van der Waals surface area contributed by atoms with E-state index in [9.17, 15) is 4.79 Å². The summed E-state index contributed by atoms with van der Waals surface area (Å²) in [5, 5.41) is 0. The number of carbonyl (C=O) groups excluding carboxylic acids is 1. The van der Waals surface area contributed by atoms with Crippen LogP contribution in [0.15, 0.2) is 35.6 Å². The first-order chi connectivity index (χ1) is 8.18. The molecule has 0 saturated heterocycles. The van der Waals surface area contributed by atoms with Gasteiger partial charge >= 0.3 is 0 Å². The Balaban J connectivity index is 2.07. The van der Waals surface area contributed by atoms with E-state index in [1.165, 1.54) is 5.57 Å². The molecule has 17 heavy (non-hydrogen) atoms. The van der Waals surface area contributed by atoms with Gasteiger partial charge in [-0.2, -0.15) is 0 Å². The standard InChI is InChI=1S/C15H20O2/c1-11(2)12-6-5-7-13(10-12)15(16)14-8-3-4-9-17-14/h7-8,12H,1,3-6,9-10H2,2H3/t12-/m1/s1. The molecule has 0 bridgehead atoms.